The fourth-order valence-corrected chi connectivity index (χ4v) is 1.87. The van der Waals surface area contributed by atoms with Gasteiger partial charge in [-0.05, 0) is 37.1 Å². The van der Waals surface area contributed by atoms with E-state index in [1.165, 1.54) is 6.07 Å². The molecule has 0 radical (unpaired) electrons. The van der Waals surface area contributed by atoms with Gasteiger partial charge in [0.1, 0.15) is 11.6 Å². The Hall–Kier alpha value is -1.52. The summed E-state index contributed by atoms with van der Waals surface area (Å²) in [6.07, 6.45) is 2.02. The first-order valence-electron chi connectivity index (χ1n) is 5.55. The quantitative estimate of drug-likeness (QED) is 0.928. The Labute approximate surface area is 110 Å². The predicted octanol–water partition coefficient (Wildman–Crippen LogP) is 2.82. The standard InChI is InChI=1S/C13H13ClFN3/c1-8-17-5-4-13(18-8)12(16)6-9-2-3-10(14)7-11(9)15/h2-5,7,12H,6,16H2,1H3. The second-order valence-electron chi connectivity index (χ2n) is 4.08. The van der Waals surface area contributed by atoms with Crippen LogP contribution >= 0.6 is 11.6 Å². The van der Waals surface area contributed by atoms with Crippen LogP contribution in [0.3, 0.4) is 0 Å². The van der Waals surface area contributed by atoms with E-state index in [9.17, 15) is 4.39 Å². The first-order valence-corrected chi connectivity index (χ1v) is 5.93. The van der Waals surface area contributed by atoms with Crippen molar-refractivity contribution >= 4 is 11.6 Å². The molecular weight excluding hydrogens is 253 g/mol. The topological polar surface area (TPSA) is 51.8 Å². The molecule has 2 rings (SSSR count). The second kappa shape index (κ2) is 5.42. The van der Waals surface area contributed by atoms with Gasteiger partial charge in [0.05, 0.1) is 11.7 Å². The molecule has 0 aliphatic carbocycles. The number of halogens is 2. The highest BCUT2D eigenvalue weighted by molar-refractivity contribution is 6.30. The van der Waals surface area contributed by atoms with Gasteiger partial charge in [-0.15, -0.1) is 0 Å². The van der Waals surface area contributed by atoms with Crippen LogP contribution in [0.1, 0.15) is 23.1 Å². The van der Waals surface area contributed by atoms with E-state index in [0.717, 1.165) is 0 Å². The summed E-state index contributed by atoms with van der Waals surface area (Å²) in [4.78, 5) is 8.23. The van der Waals surface area contributed by atoms with Gasteiger partial charge >= 0.3 is 0 Å². The highest BCUT2D eigenvalue weighted by atomic mass is 35.5. The van der Waals surface area contributed by atoms with E-state index in [1.807, 2.05) is 0 Å². The van der Waals surface area contributed by atoms with Gasteiger partial charge in [-0.2, -0.15) is 0 Å². The monoisotopic (exact) mass is 265 g/mol. The van der Waals surface area contributed by atoms with Gasteiger partial charge in [0, 0.05) is 11.2 Å². The third kappa shape index (κ3) is 3.03. The van der Waals surface area contributed by atoms with E-state index in [1.54, 1.807) is 31.3 Å². The Morgan fingerprint density at radius 2 is 2.17 bits per heavy atom. The highest BCUT2D eigenvalue weighted by Gasteiger charge is 2.12. The first-order chi connectivity index (χ1) is 8.56. The molecule has 94 valence electrons. The van der Waals surface area contributed by atoms with Crippen LogP contribution in [0.2, 0.25) is 5.02 Å². The van der Waals surface area contributed by atoms with Crippen molar-refractivity contribution in [3.63, 3.8) is 0 Å². The van der Waals surface area contributed by atoms with Crippen LogP contribution in [0, 0.1) is 12.7 Å². The number of benzene rings is 1. The molecule has 0 spiro atoms. The Morgan fingerprint density at radius 1 is 1.39 bits per heavy atom. The number of hydrogen-bond acceptors (Lipinski definition) is 3. The molecular formula is C13H13ClFN3. The summed E-state index contributed by atoms with van der Waals surface area (Å²) in [6, 6.07) is 5.96. The van der Waals surface area contributed by atoms with E-state index in [-0.39, 0.29) is 11.9 Å². The molecule has 2 N–H and O–H groups in total. The van der Waals surface area contributed by atoms with Crippen LogP contribution in [-0.4, -0.2) is 9.97 Å². The number of nitrogens with two attached hydrogens (primary N) is 1. The van der Waals surface area contributed by atoms with E-state index in [2.05, 4.69) is 9.97 Å². The van der Waals surface area contributed by atoms with Crippen LogP contribution in [-0.2, 0) is 6.42 Å². The molecule has 3 nitrogen and oxygen atoms in total. The molecule has 0 bridgehead atoms. The average Bonchev–Trinajstić information content (AvgIpc) is 2.32. The number of nitrogens with zero attached hydrogens (tertiary/aromatic N) is 2. The minimum absolute atomic E-state index is 0.344. The summed E-state index contributed by atoms with van der Waals surface area (Å²) in [5.74, 6) is 0.309. The third-order valence-electron chi connectivity index (χ3n) is 2.63. The maximum Gasteiger partial charge on any atom is 0.127 e. The van der Waals surface area contributed by atoms with E-state index >= 15 is 0 Å². The van der Waals surface area contributed by atoms with Crippen LogP contribution in [0.4, 0.5) is 4.39 Å². The Balaban J connectivity index is 2.18. The predicted molar refractivity (Wildman–Crippen MR) is 68.8 cm³/mol. The van der Waals surface area contributed by atoms with Crippen molar-refractivity contribution in [2.45, 2.75) is 19.4 Å². The molecule has 1 aromatic heterocycles. The van der Waals surface area contributed by atoms with E-state index in [4.69, 9.17) is 17.3 Å². The SMILES string of the molecule is Cc1nccc(C(N)Cc2ccc(Cl)cc2F)n1. The van der Waals surface area contributed by atoms with E-state index < -0.39 is 0 Å². The molecule has 0 aliphatic heterocycles. The Bertz CT molecular complexity index is 560. The molecule has 0 saturated heterocycles. The van der Waals surface area contributed by atoms with Gasteiger partial charge in [-0.25, -0.2) is 14.4 Å². The Kier molecular flexibility index (Phi) is 3.89. The average molecular weight is 266 g/mol. The van der Waals surface area contributed by atoms with Crippen LogP contribution in [0.5, 0.6) is 0 Å². The molecule has 1 unspecified atom stereocenters. The summed E-state index contributed by atoms with van der Waals surface area (Å²) in [7, 11) is 0. The van der Waals surface area contributed by atoms with Crippen molar-refractivity contribution in [1.82, 2.24) is 9.97 Å². The molecule has 1 atom stereocenters. The minimum Gasteiger partial charge on any atom is -0.322 e. The smallest absolute Gasteiger partial charge is 0.127 e. The minimum atomic E-state index is -0.359. The molecule has 0 fully saturated rings. The lowest BCUT2D eigenvalue weighted by Crippen LogP contribution is -2.16. The van der Waals surface area contributed by atoms with Gasteiger partial charge < -0.3 is 5.73 Å². The van der Waals surface area contributed by atoms with Crippen molar-refractivity contribution in [2.75, 3.05) is 0 Å². The molecule has 18 heavy (non-hydrogen) atoms. The fraction of sp³-hybridized carbons (Fsp3) is 0.231. The second-order valence-corrected chi connectivity index (χ2v) is 4.51. The van der Waals surface area contributed by atoms with Crippen molar-refractivity contribution < 1.29 is 4.39 Å². The number of aromatic nitrogens is 2. The zero-order valence-electron chi connectivity index (χ0n) is 9.90. The number of hydrogen-bond donors (Lipinski definition) is 1. The lowest BCUT2D eigenvalue weighted by molar-refractivity contribution is 0.589. The third-order valence-corrected chi connectivity index (χ3v) is 2.87. The van der Waals surface area contributed by atoms with Crippen molar-refractivity contribution in [2.24, 2.45) is 5.73 Å². The summed E-state index contributed by atoms with van der Waals surface area (Å²) >= 11 is 5.70. The maximum atomic E-state index is 13.6. The summed E-state index contributed by atoms with van der Waals surface area (Å²) < 4.78 is 13.6. The molecule has 0 saturated carbocycles. The number of rotatable bonds is 3. The summed E-state index contributed by atoms with van der Waals surface area (Å²) in [5, 5.41) is 0.378. The zero-order chi connectivity index (χ0) is 13.1. The van der Waals surface area contributed by atoms with Gasteiger partial charge in [-0.1, -0.05) is 17.7 Å². The molecule has 1 heterocycles. The van der Waals surface area contributed by atoms with Crippen molar-refractivity contribution in [3.05, 3.63) is 58.4 Å². The van der Waals surface area contributed by atoms with Gasteiger partial charge in [0.15, 0.2) is 0 Å². The molecule has 1 aromatic carbocycles. The van der Waals surface area contributed by atoms with Crippen molar-refractivity contribution in [3.8, 4) is 0 Å². The van der Waals surface area contributed by atoms with Crippen LogP contribution in [0.25, 0.3) is 0 Å². The van der Waals surface area contributed by atoms with Gasteiger partial charge in [0.25, 0.3) is 0 Å². The van der Waals surface area contributed by atoms with Gasteiger partial charge in [0.2, 0.25) is 0 Å². The van der Waals surface area contributed by atoms with Crippen LogP contribution < -0.4 is 5.73 Å². The maximum absolute atomic E-state index is 13.6. The highest BCUT2D eigenvalue weighted by Crippen LogP contribution is 2.19. The van der Waals surface area contributed by atoms with Gasteiger partial charge in [-0.3, -0.25) is 0 Å². The van der Waals surface area contributed by atoms with Crippen molar-refractivity contribution in [1.29, 1.82) is 0 Å². The zero-order valence-corrected chi connectivity index (χ0v) is 10.7. The largest absolute Gasteiger partial charge is 0.322 e. The lowest BCUT2D eigenvalue weighted by Gasteiger charge is -2.12. The first kappa shape index (κ1) is 12.9. The lowest BCUT2D eigenvalue weighted by atomic mass is 10.0. The Morgan fingerprint density at radius 3 is 2.83 bits per heavy atom. The molecule has 0 aliphatic rings. The molecule has 2 aromatic rings. The fourth-order valence-electron chi connectivity index (χ4n) is 1.71. The van der Waals surface area contributed by atoms with E-state index in [0.29, 0.717) is 28.5 Å². The summed E-state index contributed by atoms with van der Waals surface area (Å²) in [6.45, 7) is 1.79. The normalized spacial score (nSPS) is 12.4. The molecule has 5 heteroatoms. The van der Waals surface area contributed by atoms with Crippen LogP contribution in [0.15, 0.2) is 30.5 Å². The summed E-state index contributed by atoms with van der Waals surface area (Å²) in [5.41, 5.74) is 7.25. The molecule has 0 amide bonds. The number of aryl methyl sites for hydroxylation is 1.